The van der Waals surface area contributed by atoms with Gasteiger partial charge in [-0.15, -0.1) is 0 Å². The van der Waals surface area contributed by atoms with Crippen LogP contribution in [0.3, 0.4) is 0 Å². The van der Waals surface area contributed by atoms with Gasteiger partial charge in [0.25, 0.3) is 5.91 Å². The summed E-state index contributed by atoms with van der Waals surface area (Å²) < 4.78 is 56.1. The Morgan fingerprint density at radius 1 is 1.31 bits per heavy atom. The second kappa shape index (κ2) is 6.15. The van der Waals surface area contributed by atoms with Crippen molar-refractivity contribution in [3.8, 4) is 6.07 Å². The first-order valence-corrected chi connectivity index (χ1v) is 7.25. The van der Waals surface area contributed by atoms with Crippen LogP contribution in [-0.4, -0.2) is 15.5 Å². The number of nitrogens with one attached hydrogen (secondary N) is 1. The lowest BCUT2D eigenvalue weighted by molar-refractivity contribution is -0.135. The number of carbonyl (C=O) groups is 1. The number of carbonyl (C=O) groups excluding carboxylic acids is 1. The monoisotopic (exact) mass is 362 g/mol. The number of alkyl halides is 3. The molecule has 0 radical (unpaired) electrons. The van der Waals surface area contributed by atoms with Gasteiger partial charge in [-0.1, -0.05) is 6.07 Å². The van der Waals surface area contributed by atoms with Gasteiger partial charge in [-0.2, -0.15) is 18.4 Å². The minimum Gasteiger partial charge on any atom is -0.336 e. The van der Waals surface area contributed by atoms with Crippen LogP contribution in [0.1, 0.15) is 21.5 Å². The second-order valence-corrected chi connectivity index (χ2v) is 5.44. The molecule has 0 aliphatic rings. The number of benzene rings is 1. The first-order valence-electron chi connectivity index (χ1n) is 7.25. The van der Waals surface area contributed by atoms with Gasteiger partial charge in [0, 0.05) is 18.6 Å². The van der Waals surface area contributed by atoms with Crippen molar-refractivity contribution in [3.63, 3.8) is 0 Å². The lowest BCUT2D eigenvalue weighted by Gasteiger charge is -2.15. The zero-order valence-corrected chi connectivity index (χ0v) is 13.2. The number of fused-ring (bicyclic) bond motifs is 1. The Balaban J connectivity index is 2.10. The molecule has 1 aromatic carbocycles. The molecule has 0 bridgehead atoms. The van der Waals surface area contributed by atoms with Gasteiger partial charge in [0.15, 0.2) is 5.82 Å². The molecule has 2 heterocycles. The van der Waals surface area contributed by atoms with Gasteiger partial charge in [0.05, 0.1) is 28.6 Å². The van der Waals surface area contributed by atoms with Crippen molar-refractivity contribution in [1.82, 2.24) is 9.55 Å². The van der Waals surface area contributed by atoms with Crippen LogP contribution >= 0.6 is 0 Å². The second-order valence-electron chi connectivity index (χ2n) is 5.44. The average molecular weight is 362 g/mol. The maximum Gasteiger partial charge on any atom is 0.419 e. The lowest BCUT2D eigenvalue weighted by Crippen LogP contribution is -2.19. The standard InChI is InChI=1S/C17H10F4N4O/c1-25-6-5-10-13(17(19,20)21)12(8-23-15(10)25)24-16(26)11-4-2-3-9(7-22)14(11)18/h2-6,8H,1H3,(H,24,26). The van der Waals surface area contributed by atoms with Gasteiger partial charge in [0.1, 0.15) is 11.7 Å². The summed E-state index contributed by atoms with van der Waals surface area (Å²) in [6, 6.07) is 6.30. The first-order chi connectivity index (χ1) is 12.2. The van der Waals surface area contributed by atoms with E-state index in [4.69, 9.17) is 5.26 Å². The number of rotatable bonds is 2. The molecule has 1 N–H and O–H groups in total. The summed E-state index contributed by atoms with van der Waals surface area (Å²) in [7, 11) is 1.54. The van der Waals surface area contributed by atoms with Crippen LogP contribution in [0.2, 0.25) is 0 Å². The predicted octanol–water partition coefficient (Wildman–Crippen LogP) is 3.86. The number of hydrogen-bond donors (Lipinski definition) is 1. The van der Waals surface area contributed by atoms with Crippen LogP contribution < -0.4 is 5.32 Å². The summed E-state index contributed by atoms with van der Waals surface area (Å²) in [5.74, 6) is -2.21. The molecule has 5 nitrogen and oxygen atoms in total. The van der Waals surface area contributed by atoms with Gasteiger partial charge in [0.2, 0.25) is 0 Å². The molecule has 0 atom stereocenters. The molecular weight excluding hydrogens is 352 g/mol. The van der Waals surface area contributed by atoms with Crippen molar-refractivity contribution in [2.45, 2.75) is 6.18 Å². The van der Waals surface area contributed by atoms with E-state index in [0.29, 0.717) is 0 Å². The van der Waals surface area contributed by atoms with E-state index >= 15 is 0 Å². The van der Waals surface area contributed by atoms with Gasteiger partial charge in [-0.05, 0) is 18.2 Å². The summed E-state index contributed by atoms with van der Waals surface area (Å²) in [6.45, 7) is 0. The zero-order valence-electron chi connectivity index (χ0n) is 13.2. The molecule has 0 aliphatic heterocycles. The molecule has 132 valence electrons. The molecular formula is C17H10F4N4O. The third-order valence-electron chi connectivity index (χ3n) is 3.79. The topological polar surface area (TPSA) is 70.7 Å². The first kappa shape index (κ1) is 17.4. The Bertz CT molecular complexity index is 1060. The summed E-state index contributed by atoms with van der Waals surface area (Å²) in [6.07, 6.45) is -2.48. The highest BCUT2D eigenvalue weighted by molar-refractivity contribution is 6.06. The third-order valence-corrected chi connectivity index (χ3v) is 3.79. The SMILES string of the molecule is Cn1ccc2c(C(F)(F)F)c(NC(=O)c3cccc(C#N)c3F)cnc21. The fourth-order valence-electron chi connectivity index (χ4n) is 2.60. The largest absolute Gasteiger partial charge is 0.419 e. The van der Waals surface area contributed by atoms with Crippen LogP contribution in [0.25, 0.3) is 11.0 Å². The molecule has 9 heteroatoms. The zero-order chi connectivity index (χ0) is 19.1. The average Bonchev–Trinajstić information content (AvgIpc) is 2.94. The fourth-order valence-corrected chi connectivity index (χ4v) is 2.60. The van der Waals surface area contributed by atoms with E-state index in [2.05, 4.69) is 4.98 Å². The minimum atomic E-state index is -4.77. The molecule has 0 spiro atoms. The van der Waals surface area contributed by atoms with Crippen molar-refractivity contribution in [2.75, 3.05) is 5.32 Å². The van der Waals surface area contributed by atoms with Crippen LogP contribution in [0.15, 0.2) is 36.7 Å². The number of halogens is 4. The van der Waals surface area contributed by atoms with Crippen LogP contribution in [0.4, 0.5) is 23.2 Å². The highest BCUT2D eigenvalue weighted by atomic mass is 19.4. The summed E-state index contributed by atoms with van der Waals surface area (Å²) in [4.78, 5) is 16.2. The van der Waals surface area contributed by atoms with Gasteiger partial charge < -0.3 is 9.88 Å². The van der Waals surface area contributed by atoms with Crippen molar-refractivity contribution < 1.29 is 22.4 Å². The van der Waals surface area contributed by atoms with Gasteiger partial charge in [-0.25, -0.2) is 9.37 Å². The molecule has 0 fully saturated rings. The summed E-state index contributed by atoms with van der Waals surface area (Å²) >= 11 is 0. The Morgan fingerprint density at radius 2 is 2.04 bits per heavy atom. The molecule has 3 rings (SSSR count). The molecule has 0 saturated heterocycles. The number of amides is 1. The number of nitriles is 1. The van der Waals surface area contributed by atoms with Crippen LogP contribution in [0.5, 0.6) is 0 Å². The Hall–Kier alpha value is -3.41. The predicted molar refractivity (Wildman–Crippen MR) is 84.8 cm³/mol. The number of pyridine rings is 1. The summed E-state index contributed by atoms with van der Waals surface area (Å²) in [5.41, 5.74) is -2.50. The van der Waals surface area contributed by atoms with E-state index in [9.17, 15) is 22.4 Å². The van der Waals surface area contributed by atoms with Gasteiger partial charge >= 0.3 is 6.18 Å². The number of anilines is 1. The third kappa shape index (κ3) is 2.86. The van der Waals surface area contributed by atoms with E-state index in [-0.39, 0.29) is 16.6 Å². The molecule has 0 unspecified atom stereocenters. The maximum atomic E-state index is 14.1. The fraction of sp³-hybridized carbons (Fsp3) is 0.118. The van der Waals surface area contributed by atoms with E-state index in [1.54, 1.807) is 6.07 Å². The normalized spacial score (nSPS) is 11.4. The number of aryl methyl sites for hydroxylation is 1. The number of aromatic nitrogens is 2. The highest BCUT2D eigenvalue weighted by Crippen LogP contribution is 2.39. The number of hydrogen-bond acceptors (Lipinski definition) is 3. The Labute approximate surface area is 144 Å². The maximum absolute atomic E-state index is 14.1. The van der Waals surface area contributed by atoms with Crippen molar-refractivity contribution in [3.05, 3.63) is 59.2 Å². The van der Waals surface area contributed by atoms with E-state index in [1.807, 2.05) is 5.32 Å². The van der Waals surface area contributed by atoms with Crippen molar-refractivity contribution in [2.24, 2.45) is 7.05 Å². The Kier molecular flexibility index (Phi) is 4.12. The lowest BCUT2D eigenvalue weighted by atomic mass is 10.1. The van der Waals surface area contributed by atoms with Crippen molar-refractivity contribution >= 4 is 22.6 Å². The minimum absolute atomic E-state index is 0.0907. The summed E-state index contributed by atoms with van der Waals surface area (Å²) in [5, 5.41) is 10.7. The molecule has 26 heavy (non-hydrogen) atoms. The smallest absolute Gasteiger partial charge is 0.336 e. The molecule has 0 aliphatic carbocycles. The van der Waals surface area contributed by atoms with E-state index < -0.39 is 34.7 Å². The van der Waals surface area contributed by atoms with Gasteiger partial charge in [-0.3, -0.25) is 4.79 Å². The van der Waals surface area contributed by atoms with E-state index in [0.717, 1.165) is 18.3 Å². The van der Waals surface area contributed by atoms with E-state index in [1.165, 1.54) is 29.9 Å². The molecule has 3 aromatic rings. The van der Waals surface area contributed by atoms with Crippen LogP contribution in [-0.2, 0) is 13.2 Å². The van der Waals surface area contributed by atoms with Crippen LogP contribution in [0, 0.1) is 17.1 Å². The van der Waals surface area contributed by atoms with Crippen molar-refractivity contribution in [1.29, 1.82) is 5.26 Å². The number of nitrogens with zero attached hydrogens (tertiary/aromatic N) is 3. The molecule has 0 saturated carbocycles. The quantitative estimate of drug-likeness (QED) is 0.704. The molecule has 1 amide bonds. The Morgan fingerprint density at radius 3 is 2.69 bits per heavy atom. The highest BCUT2D eigenvalue weighted by Gasteiger charge is 2.37. The molecule has 2 aromatic heterocycles.